The van der Waals surface area contributed by atoms with Crippen LogP contribution in [-0.4, -0.2) is 23.4 Å². The van der Waals surface area contributed by atoms with Crippen LogP contribution in [0.4, 0.5) is 20.3 Å². The highest BCUT2D eigenvalue weighted by Gasteiger charge is 2.23. The van der Waals surface area contributed by atoms with Gasteiger partial charge in [-0.05, 0) is 60.5 Å². The Bertz CT molecular complexity index is 609. The van der Waals surface area contributed by atoms with E-state index in [1.165, 1.54) is 11.3 Å². The molecule has 0 saturated heterocycles. The predicted molar refractivity (Wildman–Crippen MR) is 98.1 cm³/mol. The highest BCUT2D eigenvalue weighted by molar-refractivity contribution is 7.17. The van der Waals surface area contributed by atoms with Gasteiger partial charge < -0.3 is 9.47 Å². The molecule has 0 aliphatic heterocycles. The molecular weight excluding hydrogens is 328 g/mol. The maximum atomic E-state index is 12.1. The standard InChI is InChI=1S/C17H28N2O4S/c1-9-11-10(2)24-13(19-15(21)23-17(6,7)8)12(11)18-14(20)22-16(3,4)5/h9H2,1-8H3,(H,18,20)(H,19,21). The van der Waals surface area contributed by atoms with Crippen molar-refractivity contribution in [2.75, 3.05) is 10.6 Å². The van der Waals surface area contributed by atoms with Gasteiger partial charge in [-0.1, -0.05) is 6.92 Å². The normalized spacial score (nSPS) is 11.8. The third-order valence-electron chi connectivity index (χ3n) is 2.80. The summed E-state index contributed by atoms with van der Waals surface area (Å²) in [5.74, 6) is 0. The Hall–Kier alpha value is -1.76. The van der Waals surface area contributed by atoms with Gasteiger partial charge in [-0.3, -0.25) is 10.6 Å². The van der Waals surface area contributed by atoms with Gasteiger partial charge in [0.2, 0.25) is 0 Å². The largest absolute Gasteiger partial charge is 0.444 e. The molecule has 0 aromatic carbocycles. The molecule has 6 nitrogen and oxygen atoms in total. The van der Waals surface area contributed by atoms with E-state index in [0.29, 0.717) is 10.7 Å². The monoisotopic (exact) mass is 356 g/mol. The first-order valence-corrected chi connectivity index (χ1v) is 8.76. The highest BCUT2D eigenvalue weighted by atomic mass is 32.1. The number of hydrogen-bond donors (Lipinski definition) is 2. The average molecular weight is 356 g/mol. The summed E-state index contributed by atoms with van der Waals surface area (Å²) in [5, 5.41) is 6.02. The first-order chi connectivity index (χ1) is 10.8. The Morgan fingerprint density at radius 1 is 0.958 bits per heavy atom. The van der Waals surface area contributed by atoms with Crippen LogP contribution in [0.25, 0.3) is 0 Å². The van der Waals surface area contributed by atoms with Gasteiger partial charge in [0.05, 0.1) is 5.69 Å². The fraction of sp³-hybridized carbons (Fsp3) is 0.647. The van der Waals surface area contributed by atoms with Crippen molar-refractivity contribution >= 4 is 34.2 Å². The molecule has 1 aromatic rings. The number of hydrogen-bond acceptors (Lipinski definition) is 5. The quantitative estimate of drug-likeness (QED) is 0.769. The van der Waals surface area contributed by atoms with Crippen molar-refractivity contribution in [3.63, 3.8) is 0 Å². The van der Waals surface area contributed by atoms with Gasteiger partial charge in [0, 0.05) is 4.88 Å². The first kappa shape index (κ1) is 20.3. The van der Waals surface area contributed by atoms with Crippen molar-refractivity contribution in [1.82, 2.24) is 0 Å². The Balaban J connectivity index is 3.01. The van der Waals surface area contributed by atoms with Gasteiger partial charge in [-0.25, -0.2) is 9.59 Å². The number of anilines is 2. The molecule has 2 N–H and O–H groups in total. The van der Waals surface area contributed by atoms with Crippen LogP contribution in [0.3, 0.4) is 0 Å². The highest BCUT2D eigenvalue weighted by Crippen LogP contribution is 2.38. The van der Waals surface area contributed by atoms with Crippen molar-refractivity contribution < 1.29 is 19.1 Å². The van der Waals surface area contributed by atoms with Gasteiger partial charge in [0.1, 0.15) is 16.2 Å². The summed E-state index contributed by atoms with van der Waals surface area (Å²) in [6, 6.07) is 0. The van der Waals surface area contributed by atoms with Crippen LogP contribution in [0.5, 0.6) is 0 Å². The molecule has 2 amide bonds. The third-order valence-corrected chi connectivity index (χ3v) is 3.87. The lowest BCUT2D eigenvalue weighted by molar-refractivity contribution is 0.0621. The number of amides is 2. The first-order valence-electron chi connectivity index (χ1n) is 7.94. The van der Waals surface area contributed by atoms with Gasteiger partial charge in [-0.15, -0.1) is 11.3 Å². The molecule has 0 bridgehead atoms. The summed E-state index contributed by atoms with van der Waals surface area (Å²) in [4.78, 5) is 25.2. The Morgan fingerprint density at radius 2 is 1.42 bits per heavy atom. The molecular formula is C17H28N2O4S. The smallest absolute Gasteiger partial charge is 0.412 e. The topological polar surface area (TPSA) is 76.7 Å². The van der Waals surface area contributed by atoms with Crippen LogP contribution in [0, 0.1) is 6.92 Å². The van der Waals surface area contributed by atoms with Crippen LogP contribution in [0.1, 0.15) is 58.9 Å². The molecule has 0 unspecified atom stereocenters. The van der Waals surface area contributed by atoms with E-state index in [1.54, 1.807) is 41.5 Å². The summed E-state index contributed by atoms with van der Waals surface area (Å²) in [6.07, 6.45) is -0.385. The van der Waals surface area contributed by atoms with Crippen molar-refractivity contribution in [3.05, 3.63) is 10.4 Å². The summed E-state index contributed by atoms with van der Waals surface area (Å²) < 4.78 is 10.6. The van der Waals surface area contributed by atoms with Crippen molar-refractivity contribution in [3.8, 4) is 0 Å². The molecule has 0 saturated carbocycles. The Labute approximate surface area is 147 Å². The van der Waals surface area contributed by atoms with E-state index >= 15 is 0 Å². The fourth-order valence-corrected chi connectivity index (χ4v) is 3.11. The molecule has 1 heterocycles. The van der Waals surface area contributed by atoms with Gasteiger partial charge >= 0.3 is 12.2 Å². The predicted octanol–water partition coefficient (Wildman–Crippen LogP) is 5.31. The number of rotatable bonds is 3. The number of carbonyl (C=O) groups is 2. The van der Waals surface area contributed by atoms with Gasteiger partial charge in [0.25, 0.3) is 0 Å². The zero-order valence-electron chi connectivity index (χ0n) is 15.7. The molecule has 24 heavy (non-hydrogen) atoms. The minimum Gasteiger partial charge on any atom is -0.444 e. The molecule has 0 atom stereocenters. The third kappa shape index (κ3) is 6.39. The zero-order valence-corrected chi connectivity index (χ0v) is 16.6. The van der Waals surface area contributed by atoms with Crippen LogP contribution in [0.2, 0.25) is 0 Å². The summed E-state index contributed by atoms with van der Waals surface area (Å²) in [6.45, 7) is 14.7. The van der Waals surface area contributed by atoms with E-state index in [-0.39, 0.29) is 0 Å². The lowest BCUT2D eigenvalue weighted by Gasteiger charge is -2.21. The van der Waals surface area contributed by atoms with Gasteiger partial charge in [0.15, 0.2) is 0 Å². The maximum absolute atomic E-state index is 12.1. The van der Waals surface area contributed by atoms with Crippen LogP contribution >= 0.6 is 11.3 Å². The number of aryl methyl sites for hydroxylation is 1. The molecule has 0 spiro atoms. The SMILES string of the molecule is CCc1c(C)sc(NC(=O)OC(C)(C)C)c1NC(=O)OC(C)(C)C. The summed E-state index contributed by atoms with van der Waals surface area (Å²) in [7, 11) is 0. The Morgan fingerprint density at radius 3 is 1.83 bits per heavy atom. The molecule has 0 aliphatic rings. The van der Waals surface area contributed by atoms with Crippen molar-refractivity contribution in [2.45, 2.75) is 73.0 Å². The van der Waals surface area contributed by atoms with Crippen molar-refractivity contribution in [2.24, 2.45) is 0 Å². The molecule has 1 aromatic heterocycles. The second-order valence-electron chi connectivity index (χ2n) is 7.45. The average Bonchev–Trinajstić information content (AvgIpc) is 2.59. The molecule has 0 aliphatic carbocycles. The minimum absolute atomic E-state index is 0.546. The summed E-state index contributed by atoms with van der Waals surface area (Å²) in [5.41, 5.74) is 0.347. The Kier molecular flexibility index (Phi) is 6.27. The van der Waals surface area contributed by atoms with Crippen molar-refractivity contribution in [1.29, 1.82) is 0 Å². The zero-order chi connectivity index (χ0) is 18.7. The van der Waals surface area contributed by atoms with E-state index in [2.05, 4.69) is 10.6 Å². The van der Waals surface area contributed by atoms with E-state index in [9.17, 15) is 9.59 Å². The molecule has 7 heteroatoms. The lowest BCUT2D eigenvalue weighted by Crippen LogP contribution is -2.29. The van der Waals surface area contributed by atoms with Crippen LogP contribution in [-0.2, 0) is 15.9 Å². The second-order valence-corrected chi connectivity index (χ2v) is 8.67. The summed E-state index contributed by atoms with van der Waals surface area (Å²) >= 11 is 1.40. The molecule has 0 radical (unpaired) electrons. The number of thiophene rings is 1. The molecule has 136 valence electrons. The lowest BCUT2D eigenvalue weighted by atomic mass is 10.1. The second kappa shape index (κ2) is 7.42. The van der Waals surface area contributed by atoms with Crippen LogP contribution in [0.15, 0.2) is 0 Å². The fourth-order valence-electron chi connectivity index (χ4n) is 2.03. The van der Waals surface area contributed by atoms with E-state index in [4.69, 9.17) is 9.47 Å². The number of carbonyl (C=O) groups excluding carboxylic acids is 2. The number of nitrogens with one attached hydrogen (secondary N) is 2. The van der Waals surface area contributed by atoms with E-state index < -0.39 is 23.4 Å². The van der Waals surface area contributed by atoms with Crippen LogP contribution < -0.4 is 10.6 Å². The molecule has 0 fully saturated rings. The maximum Gasteiger partial charge on any atom is 0.412 e. The van der Waals surface area contributed by atoms with E-state index in [1.807, 2.05) is 13.8 Å². The van der Waals surface area contributed by atoms with Gasteiger partial charge in [-0.2, -0.15) is 0 Å². The minimum atomic E-state index is -0.597. The molecule has 1 rings (SSSR count). The van der Waals surface area contributed by atoms with E-state index in [0.717, 1.165) is 16.9 Å². The number of ether oxygens (including phenoxy) is 2.